The largest absolute Gasteiger partial charge is 0.383 e. The van der Waals surface area contributed by atoms with Crippen LogP contribution in [-0.4, -0.2) is 36.6 Å². The van der Waals surface area contributed by atoms with Crippen molar-refractivity contribution in [3.05, 3.63) is 34.3 Å². The minimum absolute atomic E-state index is 0.0835. The van der Waals surface area contributed by atoms with E-state index in [9.17, 15) is 4.79 Å². The maximum Gasteiger partial charge on any atom is 0.242 e. The summed E-state index contributed by atoms with van der Waals surface area (Å²) in [6, 6.07) is 7.41. The Morgan fingerprint density at radius 2 is 1.95 bits per heavy atom. The molecule has 0 radical (unpaired) electrons. The number of carbonyl (C=O) groups is 1. The van der Waals surface area contributed by atoms with Crippen LogP contribution < -0.4 is 5.73 Å². The average molecular weight is 329 g/mol. The molecule has 0 heterocycles. The highest BCUT2D eigenvalue weighted by Gasteiger charge is 2.23. The van der Waals surface area contributed by atoms with Crippen LogP contribution in [-0.2, 0) is 16.1 Å². The van der Waals surface area contributed by atoms with E-state index in [-0.39, 0.29) is 18.6 Å². The number of amides is 1. The minimum atomic E-state index is -0.608. The summed E-state index contributed by atoms with van der Waals surface area (Å²) in [5, 5.41) is 0. The van der Waals surface area contributed by atoms with Crippen LogP contribution in [0.3, 0.4) is 0 Å². The normalized spacial score (nSPS) is 12.5. The third kappa shape index (κ3) is 4.93. The van der Waals surface area contributed by atoms with Gasteiger partial charge in [-0.1, -0.05) is 28.1 Å². The molecule has 1 aromatic rings. The molecule has 1 unspecified atom stereocenters. The fourth-order valence-electron chi connectivity index (χ4n) is 1.77. The monoisotopic (exact) mass is 328 g/mol. The first-order chi connectivity index (χ1) is 8.95. The van der Waals surface area contributed by atoms with E-state index in [1.165, 1.54) is 0 Å². The molecule has 0 aliphatic heterocycles. The van der Waals surface area contributed by atoms with Gasteiger partial charge in [0.2, 0.25) is 5.91 Å². The van der Waals surface area contributed by atoms with Crippen molar-refractivity contribution in [2.24, 2.45) is 5.73 Å². The molecule has 1 rings (SSSR count). The van der Waals surface area contributed by atoms with E-state index in [0.717, 1.165) is 10.0 Å². The number of benzene rings is 1. The second-order valence-corrected chi connectivity index (χ2v) is 5.66. The van der Waals surface area contributed by atoms with Gasteiger partial charge in [-0.15, -0.1) is 0 Å². The molecule has 106 valence electrons. The van der Waals surface area contributed by atoms with Crippen molar-refractivity contribution in [1.29, 1.82) is 0 Å². The molecular formula is C14H21BrN2O2. The summed E-state index contributed by atoms with van der Waals surface area (Å²) < 4.78 is 5.96. The maximum absolute atomic E-state index is 12.3. The molecule has 0 saturated carbocycles. The number of methoxy groups -OCH3 is 1. The third-order valence-electron chi connectivity index (χ3n) is 2.84. The summed E-state index contributed by atoms with van der Waals surface area (Å²) in [6.45, 7) is 4.76. The van der Waals surface area contributed by atoms with Gasteiger partial charge in [-0.25, -0.2) is 0 Å². The lowest BCUT2D eigenvalue weighted by Crippen LogP contribution is -2.48. The highest BCUT2D eigenvalue weighted by Crippen LogP contribution is 2.14. The molecule has 1 atom stereocenters. The fraction of sp³-hybridized carbons (Fsp3) is 0.500. The van der Waals surface area contributed by atoms with Crippen molar-refractivity contribution in [3.63, 3.8) is 0 Å². The van der Waals surface area contributed by atoms with E-state index < -0.39 is 6.04 Å². The SMILES string of the molecule is COCC(N)C(=O)N(Cc1ccc(Br)cc1)C(C)C. The summed E-state index contributed by atoms with van der Waals surface area (Å²) in [7, 11) is 1.54. The first kappa shape index (κ1) is 16.1. The van der Waals surface area contributed by atoms with Gasteiger partial charge in [0.25, 0.3) is 0 Å². The van der Waals surface area contributed by atoms with Gasteiger partial charge in [0, 0.05) is 24.2 Å². The summed E-state index contributed by atoms with van der Waals surface area (Å²) in [5.41, 5.74) is 6.90. The van der Waals surface area contributed by atoms with E-state index in [4.69, 9.17) is 10.5 Å². The summed E-state index contributed by atoms with van der Waals surface area (Å²) in [6.07, 6.45) is 0. The van der Waals surface area contributed by atoms with Crippen LogP contribution in [0.15, 0.2) is 28.7 Å². The molecule has 0 bridgehead atoms. The van der Waals surface area contributed by atoms with Crippen LogP contribution in [0, 0.1) is 0 Å². The van der Waals surface area contributed by atoms with Gasteiger partial charge < -0.3 is 15.4 Å². The van der Waals surface area contributed by atoms with Crippen LogP contribution in [0.4, 0.5) is 0 Å². The average Bonchev–Trinajstić information content (AvgIpc) is 2.37. The van der Waals surface area contributed by atoms with Crippen LogP contribution in [0.1, 0.15) is 19.4 Å². The molecule has 1 amide bonds. The number of nitrogens with two attached hydrogens (primary N) is 1. The van der Waals surface area contributed by atoms with Gasteiger partial charge in [-0.2, -0.15) is 0 Å². The Morgan fingerprint density at radius 1 is 1.37 bits per heavy atom. The minimum Gasteiger partial charge on any atom is -0.383 e. The summed E-state index contributed by atoms with van der Waals surface area (Å²) in [4.78, 5) is 14.0. The highest BCUT2D eigenvalue weighted by atomic mass is 79.9. The van der Waals surface area contributed by atoms with Gasteiger partial charge in [0.1, 0.15) is 6.04 Å². The van der Waals surface area contributed by atoms with Crippen LogP contribution >= 0.6 is 15.9 Å². The molecule has 4 nitrogen and oxygen atoms in total. The Labute approximate surface area is 123 Å². The highest BCUT2D eigenvalue weighted by molar-refractivity contribution is 9.10. The van der Waals surface area contributed by atoms with Gasteiger partial charge >= 0.3 is 0 Å². The van der Waals surface area contributed by atoms with Crippen LogP contribution in [0.25, 0.3) is 0 Å². The molecule has 0 fully saturated rings. The molecule has 0 saturated heterocycles. The van der Waals surface area contributed by atoms with E-state index >= 15 is 0 Å². The number of hydrogen-bond acceptors (Lipinski definition) is 3. The second-order valence-electron chi connectivity index (χ2n) is 4.75. The standard InChI is InChI=1S/C14H21BrN2O2/c1-10(2)17(14(18)13(16)9-19-3)8-11-4-6-12(15)7-5-11/h4-7,10,13H,8-9,16H2,1-3H3. The number of nitrogens with zero attached hydrogens (tertiary/aromatic N) is 1. The number of halogens is 1. The lowest BCUT2D eigenvalue weighted by atomic mass is 10.1. The predicted octanol–water partition coefficient (Wildman–Crippen LogP) is 2.16. The number of ether oxygens (including phenoxy) is 1. The zero-order valence-electron chi connectivity index (χ0n) is 11.6. The van der Waals surface area contributed by atoms with Gasteiger partial charge in [0.15, 0.2) is 0 Å². The van der Waals surface area contributed by atoms with Gasteiger partial charge in [-0.3, -0.25) is 4.79 Å². The molecule has 5 heteroatoms. The number of carbonyl (C=O) groups excluding carboxylic acids is 1. The molecule has 0 spiro atoms. The van der Waals surface area contributed by atoms with Crippen molar-refractivity contribution >= 4 is 21.8 Å². The molecule has 0 aliphatic rings. The third-order valence-corrected chi connectivity index (χ3v) is 3.36. The number of hydrogen-bond donors (Lipinski definition) is 1. The zero-order valence-corrected chi connectivity index (χ0v) is 13.2. The van der Waals surface area contributed by atoms with Crippen molar-refractivity contribution in [1.82, 2.24) is 4.90 Å². The topological polar surface area (TPSA) is 55.6 Å². The molecule has 0 aromatic heterocycles. The zero-order chi connectivity index (χ0) is 14.4. The Morgan fingerprint density at radius 3 is 2.42 bits per heavy atom. The Bertz CT molecular complexity index is 406. The summed E-state index contributed by atoms with van der Waals surface area (Å²) >= 11 is 3.40. The smallest absolute Gasteiger partial charge is 0.242 e. The molecule has 1 aromatic carbocycles. The van der Waals surface area contributed by atoms with E-state index in [0.29, 0.717) is 6.54 Å². The molecule has 2 N–H and O–H groups in total. The summed E-state index contributed by atoms with van der Waals surface area (Å²) in [5.74, 6) is -0.0835. The second kappa shape index (κ2) is 7.62. The van der Waals surface area contributed by atoms with Gasteiger partial charge in [0.05, 0.1) is 6.61 Å². The lowest BCUT2D eigenvalue weighted by molar-refractivity contribution is -0.136. The molecular weight excluding hydrogens is 308 g/mol. The van der Waals surface area contributed by atoms with Crippen molar-refractivity contribution < 1.29 is 9.53 Å². The number of rotatable bonds is 6. The fourth-order valence-corrected chi connectivity index (χ4v) is 2.03. The quantitative estimate of drug-likeness (QED) is 0.870. The Hall–Kier alpha value is -0.910. The van der Waals surface area contributed by atoms with Crippen molar-refractivity contribution in [2.45, 2.75) is 32.5 Å². The van der Waals surface area contributed by atoms with Crippen LogP contribution in [0.5, 0.6) is 0 Å². The van der Waals surface area contributed by atoms with E-state index in [1.54, 1.807) is 12.0 Å². The Balaban J connectivity index is 2.78. The van der Waals surface area contributed by atoms with E-state index in [2.05, 4.69) is 15.9 Å². The lowest BCUT2D eigenvalue weighted by Gasteiger charge is -2.29. The maximum atomic E-state index is 12.3. The van der Waals surface area contributed by atoms with Crippen molar-refractivity contribution in [2.75, 3.05) is 13.7 Å². The first-order valence-electron chi connectivity index (χ1n) is 6.25. The predicted molar refractivity (Wildman–Crippen MR) is 79.7 cm³/mol. The Kier molecular flexibility index (Phi) is 6.48. The van der Waals surface area contributed by atoms with Crippen molar-refractivity contribution in [3.8, 4) is 0 Å². The van der Waals surface area contributed by atoms with Crippen LogP contribution in [0.2, 0.25) is 0 Å². The molecule has 19 heavy (non-hydrogen) atoms. The van der Waals surface area contributed by atoms with Gasteiger partial charge in [-0.05, 0) is 31.5 Å². The first-order valence-corrected chi connectivity index (χ1v) is 7.04. The van der Waals surface area contributed by atoms with E-state index in [1.807, 2.05) is 38.1 Å². The molecule has 0 aliphatic carbocycles.